The van der Waals surface area contributed by atoms with Crippen molar-refractivity contribution in [1.82, 2.24) is 10.3 Å². The molecule has 1 amide bonds. The third-order valence-electron chi connectivity index (χ3n) is 5.34. The molecule has 130 valence electrons. The number of pyridine rings is 1. The number of carbonyl (C=O) groups is 1. The molecule has 2 N–H and O–H groups in total. The number of anilines is 2. The molecule has 1 saturated heterocycles. The highest BCUT2D eigenvalue weighted by Crippen LogP contribution is 2.47. The summed E-state index contributed by atoms with van der Waals surface area (Å²) in [6.45, 7) is 4.83. The molecule has 4 rings (SSSR count). The maximum atomic E-state index is 12.2. The lowest BCUT2D eigenvalue weighted by atomic mass is 9.74. The molecule has 5 nitrogen and oxygen atoms in total. The number of benzene rings is 1. The molecule has 2 aliphatic heterocycles. The number of fused-ring (bicyclic) bond motifs is 1. The standard InChI is InChI=1S/C19H21ClN4O/c1-2-19(12-23-18-17(19)15(20)6-7-22-18)13-4-3-5-14(10-13)24-9-8-21-11-16(24)25/h3-7,10,21H,2,8-9,11-12H2,1H3,(H,22,23). The number of halogens is 1. The van der Waals surface area contributed by atoms with Crippen molar-refractivity contribution in [2.24, 2.45) is 0 Å². The first kappa shape index (κ1) is 16.4. The van der Waals surface area contributed by atoms with E-state index in [9.17, 15) is 4.79 Å². The van der Waals surface area contributed by atoms with Crippen LogP contribution >= 0.6 is 11.6 Å². The fraction of sp³-hybridized carbons (Fsp3) is 0.368. The molecule has 25 heavy (non-hydrogen) atoms. The van der Waals surface area contributed by atoms with Gasteiger partial charge in [-0.05, 0) is 30.2 Å². The molecule has 0 radical (unpaired) electrons. The molecule has 0 bridgehead atoms. The zero-order chi connectivity index (χ0) is 17.4. The SMILES string of the molecule is CCC1(c2cccc(N3CCNCC3=O)c2)CNc2nccc(Cl)c21. The molecule has 0 aliphatic carbocycles. The molecule has 0 spiro atoms. The quantitative estimate of drug-likeness (QED) is 0.888. The molecule has 2 aliphatic rings. The van der Waals surface area contributed by atoms with E-state index in [1.807, 2.05) is 23.1 Å². The Bertz CT molecular complexity index is 825. The van der Waals surface area contributed by atoms with Gasteiger partial charge in [-0.2, -0.15) is 0 Å². The lowest BCUT2D eigenvalue weighted by Gasteiger charge is -2.32. The Labute approximate surface area is 152 Å². The van der Waals surface area contributed by atoms with Crippen LogP contribution in [0.4, 0.5) is 11.5 Å². The van der Waals surface area contributed by atoms with Crippen molar-refractivity contribution in [3.8, 4) is 0 Å². The molecule has 1 fully saturated rings. The number of amides is 1. The summed E-state index contributed by atoms with van der Waals surface area (Å²) in [7, 11) is 0. The first-order chi connectivity index (χ1) is 12.2. The average molecular weight is 357 g/mol. The molecule has 1 aromatic carbocycles. The first-order valence-corrected chi connectivity index (χ1v) is 9.04. The van der Waals surface area contributed by atoms with E-state index in [1.54, 1.807) is 6.20 Å². The van der Waals surface area contributed by atoms with Gasteiger partial charge in [0.1, 0.15) is 5.82 Å². The van der Waals surface area contributed by atoms with Crippen LogP contribution in [0.5, 0.6) is 0 Å². The topological polar surface area (TPSA) is 57.3 Å². The third-order valence-corrected chi connectivity index (χ3v) is 5.65. The Morgan fingerprint density at radius 3 is 3.04 bits per heavy atom. The van der Waals surface area contributed by atoms with Gasteiger partial charge in [0.05, 0.1) is 6.54 Å². The second-order valence-corrected chi connectivity index (χ2v) is 6.99. The fourth-order valence-electron chi connectivity index (χ4n) is 3.95. The van der Waals surface area contributed by atoms with Gasteiger partial charge in [-0.3, -0.25) is 4.79 Å². The van der Waals surface area contributed by atoms with Gasteiger partial charge >= 0.3 is 0 Å². The van der Waals surface area contributed by atoms with Crippen LogP contribution in [-0.2, 0) is 10.2 Å². The summed E-state index contributed by atoms with van der Waals surface area (Å²) in [5.41, 5.74) is 2.95. The normalized spacial score (nSPS) is 22.6. The molecule has 0 saturated carbocycles. The molecule has 3 heterocycles. The Morgan fingerprint density at radius 1 is 1.36 bits per heavy atom. The molecule has 1 aromatic heterocycles. The lowest BCUT2D eigenvalue weighted by molar-refractivity contribution is -0.118. The van der Waals surface area contributed by atoms with Gasteiger partial charge < -0.3 is 15.5 Å². The predicted molar refractivity (Wildman–Crippen MR) is 100 cm³/mol. The van der Waals surface area contributed by atoms with Crippen molar-refractivity contribution in [2.45, 2.75) is 18.8 Å². The molecule has 1 atom stereocenters. The van der Waals surface area contributed by atoms with Crippen LogP contribution in [0, 0.1) is 0 Å². The van der Waals surface area contributed by atoms with Gasteiger partial charge in [0, 0.05) is 47.5 Å². The zero-order valence-corrected chi connectivity index (χ0v) is 14.9. The van der Waals surface area contributed by atoms with E-state index in [0.29, 0.717) is 13.1 Å². The minimum Gasteiger partial charge on any atom is -0.369 e. The summed E-state index contributed by atoms with van der Waals surface area (Å²) < 4.78 is 0. The summed E-state index contributed by atoms with van der Waals surface area (Å²) in [4.78, 5) is 18.6. The van der Waals surface area contributed by atoms with Crippen molar-refractivity contribution in [2.75, 3.05) is 36.4 Å². The van der Waals surface area contributed by atoms with Gasteiger partial charge in [-0.15, -0.1) is 0 Å². The van der Waals surface area contributed by atoms with Crippen LogP contribution < -0.4 is 15.5 Å². The average Bonchev–Trinajstić information content (AvgIpc) is 3.04. The lowest BCUT2D eigenvalue weighted by Crippen LogP contribution is -2.48. The number of nitrogens with one attached hydrogen (secondary N) is 2. The minimum atomic E-state index is -0.228. The smallest absolute Gasteiger partial charge is 0.240 e. The van der Waals surface area contributed by atoms with E-state index < -0.39 is 0 Å². The van der Waals surface area contributed by atoms with E-state index in [4.69, 9.17) is 11.6 Å². The Hall–Kier alpha value is -2.11. The van der Waals surface area contributed by atoms with E-state index in [2.05, 4.69) is 34.7 Å². The second-order valence-electron chi connectivity index (χ2n) is 6.58. The largest absolute Gasteiger partial charge is 0.369 e. The van der Waals surface area contributed by atoms with Crippen molar-refractivity contribution in [1.29, 1.82) is 0 Å². The summed E-state index contributed by atoms with van der Waals surface area (Å²) >= 11 is 6.54. The van der Waals surface area contributed by atoms with Crippen LogP contribution in [0.2, 0.25) is 5.02 Å². The van der Waals surface area contributed by atoms with Crippen molar-refractivity contribution in [3.63, 3.8) is 0 Å². The highest BCUT2D eigenvalue weighted by Gasteiger charge is 2.41. The maximum Gasteiger partial charge on any atom is 0.240 e. The van der Waals surface area contributed by atoms with E-state index >= 15 is 0 Å². The molecule has 1 unspecified atom stereocenters. The van der Waals surface area contributed by atoms with Crippen LogP contribution in [0.15, 0.2) is 36.5 Å². The third kappa shape index (κ3) is 2.58. The van der Waals surface area contributed by atoms with Crippen molar-refractivity contribution >= 4 is 29.0 Å². The monoisotopic (exact) mass is 356 g/mol. The molecule has 2 aromatic rings. The van der Waals surface area contributed by atoms with Crippen molar-refractivity contribution < 1.29 is 4.79 Å². The number of hydrogen-bond donors (Lipinski definition) is 2. The first-order valence-electron chi connectivity index (χ1n) is 8.66. The molecule has 6 heteroatoms. The number of carbonyl (C=O) groups excluding carboxylic acids is 1. The summed E-state index contributed by atoms with van der Waals surface area (Å²) in [6, 6.07) is 10.1. The van der Waals surface area contributed by atoms with Gasteiger partial charge in [0.15, 0.2) is 0 Å². The molecular weight excluding hydrogens is 336 g/mol. The number of aromatic nitrogens is 1. The van der Waals surface area contributed by atoms with E-state index in [0.717, 1.165) is 41.6 Å². The van der Waals surface area contributed by atoms with Crippen LogP contribution in [0.25, 0.3) is 0 Å². The Morgan fingerprint density at radius 2 is 2.24 bits per heavy atom. The second kappa shape index (κ2) is 6.32. The fourth-order valence-corrected chi connectivity index (χ4v) is 4.28. The zero-order valence-electron chi connectivity index (χ0n) is 14.2. The van der Waals surface area contributed by atoms with Gasteiger partial charge in [0.2, 0.25) is 5.91 Å². The summed E-state index contributed by atoms with van der Waals surface area (Å²) in [6.07, 6.45) is 2.63. The van der Waals surface area contributed by atoms with Crippen LogP contribution in [0.3, 0.4) is 0 Å². The summed E-state index contributed by atoms with van der Waals surface area (Å²) in [5, 5.41) is 7.26. The number of piperazine rings is 1. The van der Waals surface area contributed by atoms with Gasteiger partial charge in [-0.1, -0.05) is 30.7 Å². The number of nitrogens with zero attached hydrogens (tertiary/aromatic N) is 2. The number of hydrogen-bond acceptors (Lipinski definition) is 4. The minimum absolute atomic E-state index is 0.110. The highest BCUT2D eigenvalue weighted by atomic mass is 35.5. The van der Waals surface area contributed by atoms with Crippen LogP contribution in [0.1, 0.15) is 24.5 Å². The molecular formula is C19H21ClN4O. The Balaban J connectivity index is 1.80. The van der Waals surface area contributed by atoms with Gasteiger partial charge in [0.25, 0.3) is 0 Å². The highest BCUT2D eigenvalue weighted by molar-refractivity contribution is 6.32. The van der Waals surface area contributed by atoms with Gasteiger partial charge in [-0.25, -0.2) is 4.98 Å². The number of rotatable bonds is 3. The summed E-state index contributed by atoms with van der Waals surface area (Å²) in [5.74, 6) is 0.969. The van der Waals surface area contributed by atoms with E-state index in [1.165, 1.54) is 5.56 Å². The predicted octanol–water partition coefficient (Wildman–Crippen LogP) is 2.79. The Kier molecular flexibility index (Phi) is 4.13. The van der Waals surface area contributed by atoms with Crippen LogP contribution in [-0.4, -0.2) is 37.1 Å². The van der Waals surface area contributed by atoms with Crippen molar-refractivity contribution in [3.05, 3.63) is 52.7 Å². The maximum absolute atomic E-state index is 12.2. The van der Waals surface area contributed by atoms with E-state index in [-0.39, 0.29) is 11.3 Å².